The summed E-state index contributed by atoms with van der Waals surface area (Å²) in [5.74, 6) is 0. The summed E-state index contributed by atoms with van der Waals surface area (Å²) in [5.41, 5.74) is 6.80. The molecule has 6 nitrogen and oxygen atoms in total. The van der Waals surface area contributed by atoms with E-state index in [1.807, 2.05) is 22.5 Å². The fourth-order valence-corrected chi connectivity index (χ4v) is 4.90. The lowest BCUT2D eigenvalue weighted by Gasteiger charge is -2.04. The lowest BCUT2D eigenvalue weighted by Crippen LogP contribution is -2.03. The fourth-order valence-electron chi connectivity index (χ4n) is 3.31. The summed E-state index contributed by atoms with van der Waals surface area (Å²) in [6.45, 7) is 10.8. The van der Waals surface area contributed by atoms with Crippen molar-refractivity contribution in [3.8, 4) is 10.6 Å². The average Bonchev–Trinajstić information content (AvgIpc) is 3.44. The van der Waals surface area contributed by atoms with Gasteiger partial charge in [0.2, 0.25) is 0 Å². The molecule has 28 heavy (non-hydrogen) atoms. The van der Waals surface area contributed by atoms with E-state index < -0.39 is 0 Å². The smallest absolute Gasteiger partial charge is 0.183 e. The molecule has 1 N–H and O–H groups in total. The van der Waals surface area contributed by atoms with Crippen LogP contribution in [-0.2, 0) is 19.6 Å². The van der Waals surface area contributed by atoms with Crippen LogP contribution in [0.5, 0.6) is 0 Å². The molecule has 146 valence electrons. The lowest BCUT2D eigenvalue weighted by atomic mass is 10.2. The third-order valence-electron chi connectivity index (χ3n) is 4.84. The molecular formula is C20H24N6S2. The first-order valence-corrected chi connectivity index (χ1v) is 11.1. The van der Waals surface area contributed by atoms with Crippen molar-refractivity contribution < 1.29 is 0 Å². The molecule has 0 radical (unpaired) electrons. The molecule has 4 aromatic rings. The van der Waals surface area contributed by atoms with Crippen LogP contribution in [0.3, 0.4) is 0 Å². The monoisotopic (exact) mass is 412 g/mol. The Morgan fingerprint density at radius 3 is 2.68 bits per heavy atom. The zero-order valence-corrected chi connectivity index (χ0v) is 18.2. The Bertz CT molecular complexity index is 1070. The third kappa shape index (κ3) is 3.74. The summed E-state index contributed by atoms with van der Waals surface area (Å²) < 4.78 is 4.03. The molecule has 0 saturated carbocycles. The molecule has 0 aliphatic heterocycles. The van der Waals surface area contributed by atoms with Crippen LogP contribution in [0.4, 0.5) is 5.13 Å². The highest BCUT2D eigenvalue weighted by Gasteiger charge is 2.15. The van der Waals surface area contributed by atoms with E-state index in [1.54, 1.807) is 22.7 Å². The van der Waals surface area contributed by atoms with Crippen molar-refractivity contribution in [3.63, 3.8) is 0 Å². The first-order chi connectivity index (χ1) is 13.5. The van der Waals surface area contributed by atoms with Gasteiger partial charge in [-0.3, -0.25) is 9.36 Å². The molecule has 0 atom stereocenters. The molecule has 4 rings (SSSR count). The Labute approximate surface area is 172 Å². The zero-order chi connectivity index (χ0) is 19.7. The Morgan fingerprint density at radius 2 is 1.96 bits per heavy atom. The summed E-state index contributed by atoms with van der Waals surface area (Å²) in [4.78, 5) is 5.82. The van der Waals surface area contributed by atoms with Gasteiger partial charge < -0.3 is 5.32 Å². The highest BCUT2D eigenvalue weighted by molar-refractivity contribution is 7.19. The van der Waals surface area contributed by atoms with E-state index in [9.17, 15) is 0 Å². The maximum atomic E-state index is 4.74. The van der Waals surface area contributed by atoms with Gasteiger partial charge in [0.25, 0.3) is 0 Å². The van der Waals surface area contributed by atoms with Gasteiger partial charge in [0.05, 0.1) is 22.8 Å². The summed E-state index contributed by atoms with van der Waals surface area (Å²) >= 11 is 3.37. The number of aryl methyl sites for hydroxylation is 3. The number of nitrogens with zero attached hydrogens (tertiary/aromatic N) is 5. The van der Waals surface area contributed by atoms with E-state index in [2.05, 4.69) is 54.1 Å². The highest BCUT2D eigenvalue weighted by Crippen LogP contribution is 2.32. The van der Waals surface area contributed by atoms with E-state index in [-0.39, 0.29) is 0 Å². The number of rotatable bonds is 7. The van der Waals surface area contributed by atoms with Gasteiger partial charge in [-0.1, -0.05) is 11.3 Å². The molecule has 4 heterocycles. The largest absolute Gasteiger partial charge is 0.357 e. The number of hydrogen-bond donors (Lipinski definition) is 1. The van der Waals surface area contributed by atoms with Gasteiger partial charge in [-0.2, -0.15) is 21.5 Å². The van der Waals surface area contributed by atoms with Crippen LogP contribution in [0.15, 0.2) is 29.1 Å². The van der Waals surface area contributed by atoms with Crippen molar-refractivity contribution in [1.29, 1.82) is 0 Å². The van der Waals surface area contributed by atoms with Gasteiger partial charge in [0, 0.05) is 30.5 Å². The molecule has 0 aliphatic rings. The fraction of sp³-hybridized carbons (Fsp3) is 0.350. The van der Waals surface area contributed by atoms with Gasteiger partial charge in [-0.05, 0) is 56.2 Å². The molecule has 0 unspecified atom stereocenters. The topological polar surface area (TPSA) is 60.6 Å². The van der Waals surface area contributed by atoms with Gasteiger partial charge in [-0.15, -0.1) is 0 Å². The van der Waals surface area contributed by atoms with Crippen molar-refractivity contribution in [2.45, 2.75) is 47.3 Å². The van der Waals surface area contributed by atoms with Gasteiger partial charge in [0.1, 0.15) is 5.69 Å². The Balaban J connectivity index is 1.48. The molecule has 0 saturated heterocycles. The molecular weight excluding hydrogens is 388 g/mol. The van der Waals surface area contributed by atoms with E-state index in [0.717, 1.165) is 46.7 Å². The van der Waals surface area contributed by atoms with Crippen LogP contribution in [0.1, 0.15) is 35.1 Å². The van der Waals surface area contributed by atoms with Crippen LogP contribution in [0.2, 0.25) is 0 Å². The zero-order valence-electron chi connectivity index (χ0n) is 16.6. The normalized spacial score (nSPS) is 11.3. The van der Waals surface area contributed by atoms with Crippen molar-refractivity contribution in [2.75, 3.05) is 5.32 Å². The number of anilines is 1. The second-order valence-corrected chi connectivity index (χ2v) is 8.56. The number of aromatic nitrogens is 5. The van der Waals surface area contributed by atoms with E-state index in [1.165, 1.54) is 16.8 Å². The second kappa shape index (κ2) is 7.89. The van der Waals surface area contributed by atoms with Crippen molar-refractivity contribution in [1.82, 2.24) is 24.5 Å². The third-order valence-corrected chi connectivity index (χ3v) is 6.71. The van der Waals surface area contributed by atoms with E-state index >= 15 is 0 Å². The van der Waals surface area contributed by atoms with E-state index in [0.29, 0.717) is 0 Å². The lowest BCUT2D eigenvalue weighted by molar-refractivity contribution is 0.633. The maximum absolute atomic E-state index is 4.74. The predicted molar refractivity (Wildman–Crippen MR) is 116 cm³/mol. The summed E-state index contributed by atoms with van der Waals surface area (Å²) in [7, 11) is 0. The SMILES string of the molecule is CCn1nc(C)c(CNc2nc(C)c(-c3ccn(Cc4ccsc4)n3)s2)c1C. The maximum Gasteiger partial charge on any atom is 0.183 e. The number of thiazole rings is 1. The van der Waals surface area contributed by atoms with Gasteiger partial charge >= 0.3 is 0 Å². The van der Waals surface area contributed by atoms with Crippen LogP contribution in [0, 0.1) is 20.8 Å². The molecule has 4 aromatic heterocycles. The first-order valence-electron chi connectivity index (χ1n) is 9.34. The molecule has 0 bridgehead atoms. The minimum atomic E-state index is 0.733. The first kappa shape index (κ1) is 18.9. The number of nitrogens with one attached hydrogen (secondary N) is 1. The molecule has 0 spiro atoms. The van der Waals surface area contributed by atoms with Crippen LogP contribution >= 0.6 is 22.7 Å². The molecule has 0 fully saturated rings. The number of thiophene rings is 1. The summed E-state index contributed by atoms with van der Waals surface area (Å²) in [6.07, 6.45) is 2.03. The predicted octanol–water partition coefficient (Wildman–Crippen LogP) is 4.87. The second-order valence-electron chi connectivity index (χ2n) is 6.78. The molecule has 0 amide bonds. The van der Waals surface area contributed by atoms with Crippen LogP contribution in [-0.4, -0.2) is 24.5 Å². The Kier molecular flexibility index (Phi) is 5.32. The minimum absolute atomic E-state index is 0.733. The highest BCUT2D eigenvalue weighted by atomic mass is 32.1. The molecule has 0 aromatic carbocycles. The minimum Gasteiger partial charge on any atom is -0.357 e. The standard InChI is InChI=1S/C20H24N6S2/c1-5-26-15(4)17(13(2)23-26)10-21-20-22-14(3)19(28-20)18-6-8-25(24-18)11-16-7-9-27-12-16/h6-9,12H,5,10-11H2,1-4H3,(H,21,22). The summed E-state index contributed by atoms with van der Waals surface area (Å²) in [5, 5.41) is 18.0. The van der Waals surface area contributed by atoms with E-state index in [4.69, 9.17) is 10.1 Å². The summed E-state index contributed by atoms with van der Waals surface area (Å²) in [6, 6.07) is 4.20. The Hall–Kier alpha value is -2.45. The quantitative estimate of drug-likeness (QED) is 0.470. The average molecular weight is 413 g/mol. The van der Waals surface area contributed by atoms with Gasteiger partial charge in [-0.25, -0.2) is 4.98 Å². The molecule has 8 heteroatoms. The Morgan fingerprint density at radius 1 is 1.11 bits per heavy atom. The van der Waals surface area contributed by atoms with Crippen LogP contribution in [0.25, 0.3) is 10.6 Å². The van der Waals surface area contributed by atoms with Crippen molar-refractivity contribution in [2.24, 2.45) is 0 Å². The molecule has 0 aliphatic carbocycles. The van der Waals surface area contributed by atoms with Gasteiger partial charge in [0.15, 0.2) is 5.13 Å². The number of hydrogen-bond acceptors (Lipinski definition) is 6. The van der Waals surface area contributed by atoms with Crippen molar-refractivity contribution >= 4 is 27.8 Å². The van der Waals surface area contributed by atoms with Crippen LogP contribution < -0.4 is 5.32 Å². The van der Waals surface area contributed by atoms with Crippen molar-refractivity contribution in [3.05, 3.63) is 57.3 Å².